The topological polar surface area (TPSA) is 56.8 Å². The van der Waals surface area contributed by atoms with Crippen LogP contribution in [0.4, 0.5) is 0 Å². The highest BCUT2D eigenvalue weighted by atomic mass is 79.9. The number of hydrogen-bond donors (Lipinski definition) is 1. The lowest BCUT2D eigenvalue weighted by Gasteiger charge is -2.07. The van der Waals surface area contributed by atoms with Gasteiger partial charge >= 0.3 is 0 Å². The van der Waals surface area contributed by atoms with E-state index in [0.29, 0.717) is 13.2 Å². The molecule has 1 atom stereocenters. The van der Waals surface area contributed by atoms with E-state index in [1.165, 1.54) is 0 Å². The third-order valence-corrected chi connectivity index (χ3v) is 2.80. The Balaban J connectivity index is 1.74. The number of amidine groups is 1. The molecule has 4 nitrogen and oxygen atoms in total. The van der Waals surface area contributed by atoms with Gasteiger partial charge in [-0.3, -0.25) is 0 Å². The maximum absolute atomic E-state index is 5.57. The summed E-state index contributed by atoms with van der Waals surface area (Å²) in [6.45, 7) is 1.18. The molecule has 0 spiro atoms. The van der Waals surface area contributed by atoms with Crippen molar-refractivity contribution < 1.29 is 9.47 Å². The first-order chi connectivity index (χ1) is 7.74. The van der Waals surface area contributed by atoms with E-state index >= 15 is 0 Å². The minimum atomic E-state index is 0.135. The Kier molecular flexibility index (Phi) is 3.66. The number of rotatable bonds is 4. The van der Waals surface area contributed by atoms with E-state index in [9.17, 15) is 0 Å². The Hall–Kier alpha value is -1.23. The van der Waals surface area contributed by atoms with Crippen molar-refractivity contribution in [2.75, 3.05) is 13.2 Å². The van der Waals surface area contributed by atoms with Crippen LogP contribution in [0.2, 0.25) is 0 Å². The molecule has 1 unspecified atom stereocenters. The van der Waals surface area contributed by atoms with E-state index in [1.807, 2.05) is 24.3 Å². The molecular formula is C11H13BrN2O2. The highest BCUT2D eigenvalue weighted by Crippen LogP contribution is 2.16. The standard InChI is InChI=1S/C11H13BrN2O2/c12-8-1-3-10(4-2-8)15-6-5-9-7-16-11(13)14-9/h1-4,9H,5-7H2,(H2,13,14). The maximum atomic E-state index is 5.57. The Morgan fingerprint density at radius 2 is 2.19 bits per heavy atom. The number of halogens is 1. The van der Waals surface area contributed by atoms with E-state index < -0.39 is 0 Å². The summed E-state index contributed by atoms with van der Waals surface area (Å²) in [5.41, 5.74) is 5.41. The Morgan fingerprint density at radius 1 is 1.44 bits per heavy atom. The number of nitrogens with two attached hydrogens (primary N) is 1. The predicted octanol–water partition coefficient (Wildman–Crippen LogP) is 1.93. The van der Waals surface area contributed by atoms with Crippen molar-refractivity contribution in [3.05, 3.63) is 28.7 Å². The number of nitrogens with zero attached hydrogens (tertiary/aromatic N) is 1. The quantitative estimate of drug-likeness (QED) is 0.919. The molecule has 0 saturated carbocycles. The summed E-state index contributed by atoms with van der Waals surface area (Å²) in [6, 6.07) is 8.16. The number of benzene rings is 1. The minimum Gasteiger partial charge on any atom is -0.494 e. The fourth-order valence-corrected chi connectivity index (χ4v) is 1.69. The highest BCUT2D eigenvalue weighted by Gasteiger charge is 2.16. The van der Waals surface area contributed by atoms with Crippen molar-refractivity contribution in [3.8, 4) is 5.75 Å². The van der Waals surface area contributed by atoms with Crippen LogP contribution in [0.1, 0.15) is 6.42 Å². The van der Waals surface area contributed by atoms with Crippen LogP contribution >= 0.6 is 15.9 Å². The summed E-state index contributed by atoms with van der Waals surface area (Å²) in [6.07, 6.45) is 0.816. The van der Waals surface area contributed by atoms with Gasteiger partial charge in [0.25, 0.3) is 6.02 Å². The zero-order valence-electron chi connectivity index (χ0n) is 8.73. The van der Waals surface area contributed by atoms with E-state index in [4.69, 9.17) is 15.2 Å². The highest BCUT2D eigenvalue weighted by molar-refractivity contribution is 9.10. The first kappa shape index (κ1) is 11.3. The van der Waals surface area contributed by atoms with Gasteiger partial charge in [-0.1, -0.05) is 15.9 Å². The molecule has 1 aliphatic rings. The van der Waals surface area contributed by atoms with Crippen molar-refractivity contribution in [2.45, 2.75) is 12.5 Å². The molecule has 16 heavy (non-hydrogen) atoms. The van der Waals surface area contributed by atoms with Gasteiger partial charge in [0.1, 0.15) is 12.4 Å². The average Bonchev–Trinajstić information content (AvgIpc) is 2.67. The second-order valence-corrected chi connectivity index (χ2v) is 4.44. The van der Waals surface area contributed by atoms with Crippen LogP contribution in [0.3, 0.4) is 0 Å². The second kappa shape index (κ2) is 5.21. The molecule has 0 bridgehead atoms. The van der Waals surface area contributed by atoms with E-state index in [2.05, 4.69) is 20.9 Å². The molecule has 0 amide bonds. The molecule has 0 fully saturated rings. The zero-order chi connectivity index (χ0) is 11.4. The summed E-state index contributed by atoms with van der Waals surface area (Å²) < 4.78 is 11.7. The first-order valence-electron chi connectivity index (χ1n) is 5.08. The number of aliphatic imine (C=N–C) groups is 1. The van der Waals surface area contributed by atoms with Crippen LogP contribution in [0.25, 0.3) is 0 Å². The smallest absolute Gasteiger partial charge is 0.282 e. The molecule has 1 heterocycles. The Morgan fingerprint density at radius 3 is 2.81 bits per heavy atom. The molecule has 0 saturated heterocycles. The van der Waals surface area contributed by atoms with Crippen LogP contribution in [-0.2, 0) is 4.74 Å². The number of ether oxygens (including phenoxy) is 2. The third-order valence-electron chi connectivity index (χ3n) is 2.27. The monoisotopic (exact) mass is 284 g/mol. The van der Waals surface area contributed by atoms with Crippen LogP contribution in [0, 0.1) is 0 Å². The molecule has 1 aromatic carbocycles. The van der Waals surface area contributed by atoms with Gasteiger partial charge in [0.15, 0.2) is 0 Å². The normalized spacial score (nSPS) is 19.1. The molecule has 2 rings (SSSR count). The summed E-state index contributed by atoms with van der Waals surface area (Å²) in [5.74, 6) is 0.860. The van der Waals surface area contributed by atoms with Gasteiger partial charge < -0.3 is 15.2 Å². The van der Waals surface area contributed by atoms with Crippen molar-refractivity contribution in [3.63, 3.8) is 0 Å². The van der Waals surface area contributed by atoms with Crippen molar-refractivity contribution >= 4 is 22.0 Å². The summed E-state index contributed by atoms with van der Waals surface area (Å²) in [7, 11) is 0. The zero-order valence-corrected chi connectivity index (χ0v) is 10.3. The third kappa shape index (κ3) is 3.13. The van der Waals surface area contributed by atoms with Gasteiger partial charge in [0, 0.05) is 10.9 Å². The van der Waals surface area contributed by atoms with Gasteiger partial charge in [-0.15, -0.1) is 0 Å². The van der Waals surface area contributed by atoms with Gasteiger partial charge in [-0.2, -0.15) is 0 Å². The fourth-order valence-electron chi connectivity index (χ4n) is 1.43. The Bertz CT molecular complexity index is 378. The molecule has 0 aliphatic carbocycles. The average molecular weight is 285 g/mol. The molecule has 1 aliphatic heterocycles. The van der Waals surface area contributed by atoms with Gasteiger partial charge in [-0.05, 0) is 24.3 Å². The largest absolute Gasteiger partial charge is 0.494 e. The van der Waals surface area contributed by atoms with Crippen molar-refractivity contribution in [1.82, 2.24) is 0 Å². The summed E-state index contributed by atoms with van der Waals surface area (Å²) >= 11 is 3.37. The molecule has 0 aromatic heterocycles. The SMILES string of the molecule is NC1=NC(CCOc2ccc(Br)cc2)CO1. The van der Waals surface area contributed by atoms with Gasteiger partial charge in [0.2, 0.25) is 0 Å². The summed E-state index contributed by atoms with van der Waals surface area (Å²) in [5, 5.41) is 0. The second-order valence-electron chi connectivity index (χ2n) is 3.52. The minimum absolute atomic E-state index is 0.135. The van der Waals surface area contributed by atoms with E-state index in [1.54, 1.807) is 0 Å². The summed E-state index contributed by atoms with van der Waals surface area (Å²) in [4.78, 5) is 4.12. The van der Waals surface area contributed by atoms with E-state index in [0.717, 1.165) is 16.6 Å². The molecule has 1 aromatic rings. The van der Waals surface area contributed by atoms with E-state index in [-0.39, 0.29) is 12.1 Å². The molecule has 5 heteroatoms. The molecular weight excluding hydrogens is 272 g/mol. The Labute approximate surface area is 103 Å². The molecule has 2 N–H and O–H groups in total. The molecule has 0 radical (unpaired) electrons. The van der Waals surface area contributed by atoms with Crippen LogP contribution in [-0.4, -0.2) is 25.3 Å². The predicted molar refractivity (Wildman–Crippen MR) is 65.6 cm³/mol. The van der Waals surface area contributed by atoms with Gasteiger partial charge in [0.05, 0.1) is 12.6 Å². The van der Waals surface area contributed by atoms with Gasteiger partial charge in [-0.25, -0.2) is 4.99 Å². The molecule has 86 valence electrons. The first-order valence-corrected chi connectivity index (χ1v) is 5.88. The van der Waals surface area contributed by atoms with Crippen molar-refractivity contribution in [1.29, 1.82) is 0 Å². The lowest BCUT2D eigenvalue weighted by molar-refractivity contribution is 0.263. The van der Waals surface area contributed by atoms with Crippen LogP contribution < -0.4 is 10.5 Å². The fraction of sp³-hybridized carbons (Fsp3) is 0.364. The number of hydrogen-bond acceptors (Lipinski definition) is 4. The van der Waals surface area contributed by atoms with Crippen LogP contribution in [0.15, 0.2) is 33.7 Å². The van der Waals surface area contributed by atoms with Crippen molar-refractivity contribution in [2.24, 2.45) is 10.7 Å². The lowest BCUT2D eigenvalue weighted by Crippen LogP contribution is -2.12. The lowest BCUT2D eigenvalue weighted by atomic mass is 10.2. The van der Waals surface area contributed by atoms with Crippen LogP contribution in [0.5, 0.6) is 5.75 Å². The maximum Gasteiger partial charge on any atom is 0.282 e.